The molecule has 0 spiro atoms. The van der Waals surface area contributed by atoms with E-state index in [-0.39, 0.29) is 5.54 Å². The standard InChI is InChI=1S/C14H21N3O/c1-14(2,3)17-8-6-16(7-9-17)13-5-4-12(11-18)10-15-13/h4-5,10-11H,6-9H2,1-3H3. The Morgan fingerprint density at radius 2 is 1.83 bits per heavy atom. The maximum atomic E-state index is 10.6. The zero-order valence-corrected chi connectivity index (χ0v) is 11.4. The Kier molecular flexibility index (Phi) is 3.66. The molecule has 1 aliphatic rings. The number of aromatic nitrogens is 1. The normalized spacial score (nSPS) is 17.8. The quantitative estimate of drug-likeness (QED) is 0.747. The van der Waals surface area contributed by atoms with Gasteiger partial charge in [-0.15, -0.1) is 0 Å². The second-order valence-electron chi connectivity index (χ2n) is 5.71. The van der Waals surface area contributed by atoms with Crippen LogP contribution in [0.15, 0.2) is 18.3 Å². The van der Waals surface area contributed by atoms with Crippen LogP contribution in [0, 0.1) is 0 Å². The van der Waals surface area contributed by atoms with Crippen molar-refractivity contribution in [2.45, 2.75) is 26.3 Å². The molecular weight excluding hydrogens is 226 g/mol. The van der Waals surface area contributed by atoms with Crippen molar-refractivity contribution in [2.75, 3.05) is 31.1 Å². The monoisotopic (exact) mass is 247 g/mol. The Morgan fingerprint density at radius 3 is 2.28 bits per heavy atom. The molecule has 0 N–H and O–H groups in total. The molecule has 2 rings (SSSR count). The lowest BCUT2D eigenvalue weighted by Crippen LogP contribution is -2.53. The number of rotatable bonds is 2. The molecule has 1 aromatic rings. The molecule has 2 heterocycles. The van der Waals surface area contributed by atoms with Gasteiger partial charge < -0.3 is 4.90 Å². The number of pyridine rings is 1. The lowest BCUT2D eigenvalue weighted by Gasteiger charge is -2.42. The second kappa shape index (κ2) is 5.06. The number of aldehydes is 1. The van der Waals surface area contributed by atoms with Crippen LogP contribution >= 0.6 is 0 Å². The van der Waals surface area contributed by atoms with Crippen molar-refractivity contribution in [3.63, 3.8) is 0 Å². The van der Waals surface area contributed by atoms with Gasteiger partial charge in [0, 0.05) is 43.5 Å². The molecule has 0 aliphatic carbocycles. The number of piperazine rings is 1. The maximum Gasteiger partial charge on any atom is 0.151 e. The predicted octanol–water partition coefficient (Wildman–Crippen LogP) is 1.81. The summed E-state index contributed by atoms with van der Waals surface area (Å²) in [6.45, 7) is 10.8. The summed E-state index contributed by atoms with van der Waals surface area (Å²) in [5, 5.41) is 0. The molecule has 98 valence electrons. The maximum absolute atomic E-state index is 10.6. The minimum Gasteiger partial charge on any atom is -0.354 e. The molecular formula is C14H21N3O. The highest BCUT2D eigenvalue weighted by molar-refractivity contribution is 5.74. The van der Waals surface area contributed by atoms with E-state index >= 15 is 0 Å². The van der Waals surface area contributed by atoms with Gasteiger partial charge in [0.2, 0.25) is 0 Å². The van der Waals surface area contributed by atoms with Gasteiger partial charge >= 0.3 is 0 Å². The Labute approximate surface area is 109 Å². The smallest absolute Gasteiger partial charge is 0.151 e. The highest BCUT2D eigenvalue weighted by Gasteiger charge is 2.26. The van der Waals surface area contributed by atoms with Crippen molar-refractivity contribution < 1.29 is 4.79 Å². The molecule has 0 atom stereocenters. The van der Waals surface area contributed by atoms with Gasteiger partial charge in [-0.05, 0) is 32.9 Å². The molecule has 4 nitrogen and oxygen atoms in total. The lowest BCUT2D eigenvalue weighted by atomic mass is 10.1. The van der Waals surface area contributed by atoms with Crippen LogP contribution in [0.2, 0.25) is 0 Å². The number of carbonyl (C=O) groups is 1. The van der Waals surface area contributed by atoms with Crippen LogP contribution in [0.4, 0.5) is 5.82 Å². The van der Waals surface area contributed by atoms with Crippen LogP contribution in [0.1, 0.15) is 31.1 Å². The molecule has 0 amide bonds. The minimum absolute atomic E-state index is 0.237. The number of nitrogens with zero attached hydrogens (tertiary/aromatic N) is 3. The van der Waals surface area contributed by atoms with E-state index in [0.717, 1.165) is 38.3 Å². The number of anilines is 1. The lowest BCUT2D eigenvalue weighted by molar-refractivity contribution is 0.112. The van der Waals surface area contributed by atoms with Crippen molar-refractivity contribution in [1.29, 1.82) is 0 Å². The average Bonchev–Trinajstić information content (AvgIpc) is 2.38. The van der Waals surface area contributed by atoms with E-state index in [1.807, 2.05) is 12.1 Å². The van der Waals surface area contributed by atoms with E-state index in [2.05, 4.69) is 35.6 Å². The number of hydrogen-bond donors (Lipinski definition) is 0. The molecule has 4 heteroatoms. The van der Waals surface area contributed by atoms with Gasteiger partial charge in [0.25, 0.3) is 0 Å². The Balaban J connectivity index is 1.98. The van der Waals surface area contributed by atoms with Gasteiger partial charge in [0.05, 0.1) is 0 Å². The molecule has 1 aromatic heterocycles. The van der Waals surface area contributed by atoms with Crippen molar-refractivity contribution in [3.8, 4) is 0 Å². The molecule has 0 aromatic carbocycles. The Morgan fingerprint density at radius 1 is 1.17 bits per heavy atom. The third-order valence-corrected chi connectivity index (χ3v) is 3.46. The van der Waals surface area contributed by atoms with Crippen LogP contribution < -0.4 is 4.90 Å². The van der Waals surface area contributed by atoms with Crippen LogP contribution in [0.3, 0.4) is 0 Å². The first-order valence-corrected chi connectivity index (χ1v) is 6.42. The van der Waals surface area contributed by atoms with Gasteiger partial charge in [-0.25, -0.2) is 4.98 Å². The molecule has 0 unspecified atom stereocenters. The zero-order chi connectivity index (χ0) is 13.2. The molecule has 1 aliphatic heterocycles. The van der Waals surface area contributed by atoms with E-state index in [4.69, 9.17) is 0 Å². The van der Waals surface area contributed by atoms with E-state index in [1.165, 1.54) is 0 Å². The fraction of sp³-hybridized carbons (Fsp3) is 0.571. The summed E-state index contributed by atoms with van der Waals surface area (Å²) in [5.74, 6) is 0.967. The second-order valence-corrected chi connectivity index (χ2v) is 5.71. The van der Waals surface area contributed by atoms with Gasteiger partial charge in [-0.3, -0.25) is 9.69 Å². The van der Waals surface area contributed by atoms with E-state index in [9.17, 15) is 4.79 Å². The Hall–Kier alpha value is -1.42. The molecule has 0 saturated carbocycles. The van der Waals surface area contributed by atoms with Crippen LogP contribution in [-0.4, -0.2) is 47.9 Å². The zero-order valence-electron chi connectivity index (χ0n) is 11.4. The topological polar surface area (TPSA) is 36.4 Å². The molecule has 18 heavy (non-hydrogen) atoms. The fourth-order valence-electron chi connectivity index (χ4n) is 2.26. The summed E-state index contributed by atoms with van der Waals surface area (Å²) in [7, 11) is 0. The van der Waals surface area contributed by atoms with Gasteiger partial charge in [-0.1, -0.05) is 0 Å². The highest BCUT2D eigenvalue weighted by Crippen LogP contribution is 2.19. The van der Waals surface area contributed by atoms with Crippen molar-refractivity contribution in [3.05, 3.63) is 23.9 Å². The van der Waals surface area contributed by atoms with Gasteiger partial charge in [0.15, 0.2) is 6.29 Å². The van der Waals surface area contributed by atoms with Crippen molar-refractivity contribution in [1.82, 2.24) is 9.88 Å². The summed E-state index contributed by atoms with van der Waals surface area (Å²) in [6, 6.07) is 3.75. The van der Waals surface area contributed by atoms with Crippen LogP contribution in [-0.2, 0) is 0 Å². The first-order valence-electron chi connectivity index (χ1n) is 6.42. The minimum atomic E-state index is 0.237. The first kappa shape index (κ1) is 13.0. The first-order chi connectivity index (χ1) is 8.50. The van der Waals surface area contributed by atoms with Gasteiger partial charge in [-0.2, -0.15) is 0 Å². The fourth-order valence-corrected chi connectivity index (χ4v) is 2.26. The SMILES string of the molecule is CC(C)(C)N1CCN(c2ccc(C=O)cn2)CC1. The van der Waals surface area contributed by atoms with Crippen LogP contribution in [0.25, 0.3) is 0 Å². The summed E-state index contributed by atoms with van der Waals surface area (Å²) < 4.78 is 0. The largest absolute Gasteiger partial charge is 0.354 e. The summed E-state index contributed by atoms with van der Waals surface area (Å²) in [4.78, 5) is 19.7. The van der Waals surface area contributed by atoms with Gasteiger partial charge in [0.1, 0.15) is 5.82 Å². The van der Waals surface area contributed by atoms with E-state index < -0.39 is 0 Å². The molecule has 0 radical (unpaired) electrons. The number of carbonyl (C=O) groups excluding carboxylic acids is 1. The molecule has 1 saturated heterocycles. The Bertz CT molecular complexity index is 400. The van der Waals surface area contributed by atoms with Crippen molar-refractivity contribution in [2.24, 2.45) is 0 Å². The third-order valence-electron chi connectivity index (χ3n) is 3.46. The van der Waals surface area contributed by atoms with E-state index in [0.29, 0.717) is 5.56 Å². The summed E-state index contributed by atoms with van der Waals surface area (Å²) >= 11 is 0. The molecule has 0 bridgehead atoms. The number of hydrogen-bond acceptors (Lipinski definition) is 4. The third kappa shape index (κ3) is 2.88. The van der Waals surface area contributed by atoms with Crippen molar-refractivity contribution >= 4 is 12.1 Å². The van der Waals surface area contributed by atoms with Crippen LogP contribution in [0.5, 0.6) is 0 Å². The summed E-state index contributed by atoms with van der Waals surface area (Å²) in [5.41, 5.74) is 0.869. The molecule has 1 fully saturated rings. The highest BCUT2D eigenvalue weighted by atomic mass is 16.1. The average molecular weight is 247 g/mol. The summed E-state index contributed by atoms with van der Waals surface area (Å²) in [6.07, 6.45) is 2.47. The predicted molar refractivity (Wildman–Crippen MR) is 73.2 cm³/mol. The van der Waals surface area contributed by atoms with E-state index in [1.54, 1.807) is 6.20 Å².